The van der Waals surface area contributed by atoms with Crippen LogP contribution in [0.1, 0.15) is 27.0 Å². The van der Waals surface area contributed by atoms with Gasteiger partial charge in [-0.25, -0.2) is 14.5 Å². The fourth-order valence-electron chi connectivity index (χ4n) is 2.01. The van der Waals surface area contributed by atoms with Crippen molar-refractivity contribution in [3.8, 4) is 10.6 Å². The maximum Gasteiger partial charge on any atom is 0.358 e. The quantitative estimate of drug-likeness (QED) is 0.782. The van der Waals surface area contributed by atoms with Crippen molar-refractivity contribution in [2.75, 3.05) is 0 Å². The average molecular weight is 305 g/mol. The van der Waals surface area contributed by atoms with Gasteiger partial charge in [-0.1, -0.05) is 10.4 Å². The van der Waals surface area contributed by atoms with Gasteiger partial charge in [0.15, 0.2) is 11.5 Å². The molecule has 21 heavy (non-hydrogen) atoms. The fourth-order valence-corrected chi connectivity index (χ4v) is 2.98. The monoisotopic (exact) mass is 305 g/mol. The van der Waals surface area contributed by atoms with E-state index in [0.717, 1.165) is 15.6 Å². The molecule has 0 bridgehead atoms. The molecular formula is C12H11N5O3S. The van der Waals surface area contributed by atoms with E-state index in [9.17, 15) is 9.90 Å². The van der Waals surface area contributed by atoms with Gasteiger partial charge in [-0.2, -0.15) is 0 Å². The van der Waals surface area contributed by atoms with Gasteiger partial charge in [-0.05, 0) is 13.8 Å². The van der Waals surface area contributed by atoms with E-state index < -0.39 is 5.97 Å². The van der Waals surface area contributed by atoms with Crippen LogP contribution in [0.2, 0.25) is 0 Å². The molecule has 0 aliphatic rings. The highest BCUT2D eigenvalue weighted by molar-refractivity contribution is 7.15. The molecule has 0 spiro atoms. The molecule has 1 N–H and O–H groups in total. The first-order chi connectivity index (χ1) is 10.1. The molecule has 108 valence electrons. The Morgan fingerprint density at radius 3 is 2.86 bits per heavy atom. The van der Waals surface area contributed by atoms with Crippen LogP contribution in [-0.2, 0) is 6.54 Å². The number of carboxylic acid groups (broad SMARTS) is 1. The number of hydrogen-bond acceptors (Lipinski definition) is 7. The SMILES string of the molecule is Cc1nc(C)c(-c2c(C(=O)O)nnn2Cc2ccno2)s1. The number of carboxylic acids is 1. The first kappa shape index (κ1) is 13.4. The van der Waals surface area contributed by atoms with Crippen LogP contribution < -0.4 is 0 Å². The number of aryl methyl sites for hydroxylation is 2. The van der Waals surface area contributed by atoms with Crippen molar-refractivity contribution in [3.05, 3.63) is 34.4 Å². The molecule has 3 heterocycles. The Balaban J connectivity index is 2.13. The highest BCUT2D eigenvalue weighted by Crippen LogP contribution is 2.31. The molecule has 0 aliphatic heterocycles. The standard InChI is InChI=1S/C12H11N5O3S/c1-6-11(21-7(2)14-6)10-9(12(18)19)15-16-17(10)5-8-3-4-13-20-8/h3-4H,5H2,1-2H3,(H,18,19). The maximum atomic E-state index is 11.4. The van der Waals surface area contributed by atoms with Crippen LogP contribution in [0.15, 0.2) is 16.8 Å². The molecule has 0 radical (unpaired) electrons. The normalized spacial score (nSPS) is 11.0. The first-order valence-electron chi connectivity index (χ1n) is 6.07. The van der Waals surface area contributed by atoms with Crippen LogP contribution in [0.25, 0.3) is 10.6 Å². The summed E-state index contributed by atoms with van der Waals surface area (Å²) in [6.07, 6.45) is 1.52. The van der Waals surface area contributed by atoms with Crippen LogP contribution in [0.3, 0.4) is 0 Å². The van der Waals surface area contributed by atoms with Gasteiger partial charge in [0, 0.05) is 6.07 Å². The molecule has 0 amide bonds. The lowest BCUT2D eigenvalue weighted by molar-refractivity contribution is 0.0691. The summed E-state index contributed by atoms with van der Waals surface area (Å²) in [4.78, 5) is 16.4. The van der Waals surface area contributed by atoms with E-state index in [4.69, 9.17) is 4.52 Å². The lowest BCUT2D eigenvalue weighted by Gasteiger charge is -2.03. The molecule has 3 rings (SSSR count). The van der Waals surface area contributed by atoms with Gasteiger partial charge in [0.05, 0.1) is 21.8 Å². The Kier molecular flexibility index (Phi) is 3.26. The summed E-state index contributed by atoms with van der Waals surface area (Å²) in [5.74, 6) is -0.559. The third-order valence-electron chi connectivity index (χ3n) is 2.85. The largest absolute Gasteiger partial charge is 0.476 e. The third-order valence-corrected chi connectivity index (χ3v) is 3.93. The van der Waals surface area contributed by atoms with Crippen molar-refractivity contribution in [1.82, 2.24) is 25.1 Å². The van der Waals surface area contributed by atoms with Crippen LogP contribution in [0.5, 0.6) is 0 Å². The Hall–Kier alpha value is -2.55. The van der Waals surface area contributed by atoms with Gasteiger partial charge in [0.1, 0.15) is 12.2 Å². The summed E-state index contributed by atoms with van der Waals surface area (Å²) >= 11 is 1.41. The molecule has 8 nitrogen and oxygen atoms in total. The minimum Gasteiger partial charge on any atom is -0.476 e. The van der Waals surface area contributed by atoms with Crippen molar-refractivity contribution in [3.63, 3.8) is 0 Å². The van der Waals surface area contributed by atoms with Crippen molar-refractivity contribution in [2.45, 2.75) is 20.4 Å². The molecule has 9 heteroatoms. The minimum atomic E-state index is -1.13. The number of rotatable bonds is 4. The molecule has 0 saturated carbocycles. The van der Waals surface area contributed by atoms with Crippen molar-refractivity contribution in [1.29, 1.82) is 0 Å². The highest BCUT2D eigenvalue weighted by atomic mass is 32.1. The zero-order valence-electron chi connectivity index (χ0n) is 11.3. The van der Waals surface area contributed by atoms with E-state index in [1.54, 1.807) is 6.07 Å². The van der Waals surface area contributed by atoms with Crippen LogP contribution in [0, 0.1) is 13.8 Å². The Bertz CT molecular complexity index is 790. The minimum absolute atomic E-state index is 0.0961. The fraction of sp³-hybridized carbons (Fsp3) is 0.250. The van der Waals surface area contributed by atoms with Gasteiger partial charge < -0.3 is 9.63 Å². The predicted octanol–water partition coefficient (Wildman–Crippen LogP) is 1.75. The number of hydrogen-bond donors (Lipinski definition) is 1. The summed E-state index contributed by atoms with van der Waals surface area (Å²) in [5, 5.41) is 21.4. The summed E-state index contributed by atoms with van der Waals surface area (Å²) in [6.45, 7) is 3.95. The second kappa shape index (κ2) is 5.09. The molecule has 0 atom stereocenters. The molecule has 0 fully saturated rings. The smallest absolute Gasteiger partial charge is 0.358 e. The summed E-state index contributed by atoms with van der Waals surface area (Å²) in [6, 6.07) is 1.69. The van der Waals surface area contributed by atoms with Crippen molar-refractivity contribution >= 4 is 17.3 Å². The van der Waals surface area contributed by atoms with E-state index in [2.05, 4.69) is 20.5 Å². The van der Waals surface area contributed by atoms with Crippen molar-refractivity contribution < 1.29 is 14.4 Å². The second-order valence-corrected chi connectivity index (χ2v) is 5.58. The molecular weight excluding hydrogens is 294 g/mol. The molecule has 3 aromatic rings. The topological polar surface area (TPSA) is 107 Å². The number of aromatic nitrogens is 5. The van der Waals surface area contributed by atoms with E-state index in [1.165, 1.54) is 22.2 Å². The van der Waals surface area contributed by atoms with E-state index >= 15 is 0 Å². The Morgan fingerprint density at radius 1 is 1.48 bits per heavy atom. The van der Waals surface area contributed by atoms with Crippen LogP contribution in [-0.4, -0.2) is 36.2 Å². The average Bonchev–Trinajstić information content (AvgIpc) is 3.11. The lowest BCUT2D eigenvalue weighted by atomic mass is 10.2. The van der Waals surface area contributed by atoms with Gasteiger partial charge in [-0.15, -0.1) is 16.4 Å². The lowest BCUT2D eigenvalue weighted by Crippen LogP contribution is -2.05. The molecule has 0 aliphatic carbocycles. The zero-order valence-corrected chi connectivity index (χ0v) is 12.1. The van der Waals surface area contributed by atoms with Crippen LogP contribution in [0.4, 0.5) is 0 Å². The third kappa shape index (κ3) is 2.42. The maximum absolute atomic E-state index is 11.4. The number of aromatic carboxylic acids is 1. The number of thiazole rings is 1. The molecule has 0 aromatic carbocycles. The highest BCUT2D eigenvalue weighted by Gasteiger charge is 2.24. The molecule has 0 saturated heterocycles. The zero-order chi connectivity index (χ0) is 15.0. The first-order valence-corrected chi connectivity index (χ1v) is 6.88. The van der Waals surface area contributed by atoms with E-state index in [1.807, 2.05) is 13.8 Å². The summed E-state index contributed by atoms with van der Waals surface area (Å²) in [7, 11) is 0. The van der Waals surface area contributed by atoms with Gasteiger partial charge in [0.2, 0.25) is 0 Å². The summed E-state index contributed by atoms with van der Waals surface area (Å²) in [5.41, 5.74) is 1.09. The Morgan fingerprint density at radius 2 is 2.29 bits per heavy atom. The van der Waals surface area contributed by atoms with Gasteiger partial charge in [0.25, 0.3) is 0 Å². The Labute approximate surface area is 123 Å². The van der Waals surface area contributed by atoms with Gasteiger partial charge >= 0.3 is 5.97 Å². The van der Waals surface area contributed by atoms with E-state index in [0.29, 0.717) is 11.5 Å². The predicted molar refractivity (Wildman–Crippen MR) is 73.2 cm³/mol. The van der Waals surface area contributed by atoms with Gasteiger partial charge in [-0.3, -0.25) is 0 Å². The van der Waals surface area contributed by atoms with Crippen LogP contribution >= 0.6 is 11.3 Å². The molecule has 3 aromatic heterocycles. The van der Waals surface area contributed by atoms with Crippen molar-refractivity contribution in [2.24, 2.45) is 0 Å². The van der Waals surface area contributed by atoms with E-state index in [-0.39, 0.29) is 12.2 Å². The summed E-state index contributed by atoms with van der Waals surface area (Å²) < 4.78 is 6.53. The number of nitrogens with zero attached hydrogens (tertiary/aromatic N) is 5. The number of carbonyl (C=O) groups is 1. The second-order valence-electron chi connectivity index (χ2n) is 4.38. The molecule has 0 unspecified atom stereocenters.